The van der Waals surface area contributed by atoms with Crippen molar-refractivity contribution in [3.8, 4) is 0 Å². The fourth-order valence-electron chi connectivity index (χ4n) is 3.88. The summed E-state index contributed by atoms with van der Waals surface area (Å²) in [4.78, 5) is 14.0. The predicted molar refractivity (Wildman–Crippen MR) is 91.3 cm³/mol. The topological polar surface area (TPSA) is 41.6 Å². The minimum atomic E-state index is -0.141. The number of carbonyl (C=O) groups is 1. The Kier molecular flexibility index (Phi) is 5.85. The number of rotatable bonds is 5. The molecule has 4 nitrogen and oxygen atoms in total. The van der Waals surface area contributed by atoms with E-state index < -0.39 is 0 Å². The van der Waals surface area contributed by atoms with Crippen molar-refractivity contribution in [2.75, 3.05) is 26.8 Å². The van der Waals surface area contributed by atoms with Crippen LogP contribution < -0.4 is 5.32 Å². The fourth-order valence-corrected chi connectivity index (χ4v) is 3.88. The summed E-state index contributed by atoms with van der Waals surface area (Å²) in [5, 5.41) is 3.75. The van der Waals surface area contributed by atoms with Gasteiger partial charge in [-0.3, -0.25) is 4.79 Å². The largest absolute Gasteiger partial charge is 0.384 e. The Morgan fingerprint density at radius 1 is 1.33 bits per heavy atom. The lowest BCUT2D eigenvalue weighted by Crippen LogP contribution is -2.46. The van der Waals surface area contributed by atoms with Gasteiger partial charge in [-0.15, -0.1) is 0 Å². The van der Waals surface area contributed by atoms with Crippen LogP contribution in [0.5, 0.6) is 0 Å². The first kappa shape index (κ1) is 17.4. The van der Waals surface area contributed by atoms with Gasteiger partial charge in [0, 0.05) is 32.3 Å². The van der Waals surface area contributed by atoms with Gasteiger partial charge in [0.25, 0.3) is 0 Å². The molecule has 0 saturated carbocycles. The number of hydrogen-bond donors (Lipinski definition) is 1. The lowest BCUT2D eigenvalue weighted by atomic mass is 9.86. The van der Waals surface area contributed by atoms with Crippen LogP contribution in [0.4, 0.5) is 4.39 Å². The van der Waals surface area contributed by atoms with Crippen molar-refractivity contribution >= 4 is 5.91 Å². The van der Waals surface area contributed by atoms with E-state index in [-0.39, 0.29) is 11.7 Å². The van der Waals surface area contributed by atoms with E-state index in [0.717, 1.165) is 50.8 Å². The molecule has 0 radical (unpaired) electrons. The Hall–Kier alpha value is -1.46. The van der Waals surface area contributed by atoms with E-state index in [9.17, 15) is 9.18 Å². The maximum absolute atomic E-state index is 13.4. The number of ether oxygens (including phenoxy) is 1. The van der Waals surface area contributed by atoms with Crippen LogP contribution in [0.15, 0.2) is 18.2 Å². The maximum Gasteiger partial charge on any atom is 0.224 e. The Balaban J connectivity index is 1.53. The maximum atomic E-state index is 13.4. The molecule has 1 atom stereocenters. The SMILES string of the molecule is COCCC(=O)N1CCC(N[C@H]2CCCc3cc(F)ccc32)CC1. The fraction of sp³-hybridized carbons (Fsp3) is 0.632. The average molecular weight is 334 g/mol. The number of methoxy groups -OCH3 is 1. The molecule has 132 valence electrons. The van der Waals surface area contributed by atoms with E-state index in [1.165, 1.54) is 5.56 Å². The van der Waals surface area contributed by atoms with Crippen LogP contribution in [0.3, 0.4) is 0 Å². The molecule has 1 saturated heterocycles. The Morgan fingerprint density at radius 3 is 2.88 bits per heavy atom. The van der Waals surface area contributed by atoms with Gasteiger partial charge in [-0.25, -0.2) is 4.39 Å². The molecule has 3 rings (SSSR count). The third-order valence-corrected chi connectivity index (χ3v) is 5.22. The second-order valence-corrected chi connectivity index (χ2v) is 6.85. The van der Waals surface area contributed by atoms with E-state index in [1.54, 1.807) is 19.2 Å². The Bertz CT molecular complexity index is 570. The van der Waals surface area contributed by atoms with E-state index in [1.807, 2.05) is 11.0 Å². The van der Waals surface area contributed by atoms with Gasteiger partial charge in [0.15, 0.2) is 0 Å². The molecule has 1 aromatic rings. The standard InChI is InChI=1S/C19H27FN2O2/c1-24-12-9-19(23)22-10-7-16(8-11-22)21-18-4-2-3-14-13-15(20)5-6-17(14)18/h5-6,13,16,18,21H,2-4,7-12H2,1H3/t18-/m0/s1. The lowest BCUT2D eigenvalue weighted by Gasteiger charge is -2.36. The number of nitrogens with zero attached hydrogens (tertiary/aromatic N) is 1. The summed E-state index contributed by atoms with van der Waals surface area (Å²) in [6, 6.07) is 5.92. The molecule has 1 aliphatic carbocycles. The molecule has 0 spiro atoms. The molecule has 1 aliphatic heterocycles. The van der Waals surface area contributed by atoms with Gasteiger partial charge in [-0.1, -0.05) is 6.07 Å². The molecule has 0 aromatic heterocycles. The molecule has 1 N–H and O–H groups in total. The Labute approximate surface area is 143 Å². The van der Waals surface area contributed by atoms with Crippen LogP contribution in [0.25, 0.3) is 0 Å². The first-order chi connectivity index (χ1) is 11.7. The van der Waals surface area contributed by atoms with Crippen LogP contribution in [-0.4, -0.2) is 43.7 Å². The van der Waals surface area contributed by atoms with Crippen molar-refractivity contribution in [2.45, 2.75) is 50.6 Å². The first-order valence-electron chi connectivity index (χ1n) is 8.98. The number of hydrogen-bond acceptors (Lipinski definition) is 3. The quantitative estimate of drug-likeness (QED) is 0.900. The molecule has 0 bridgehead atoms. The first-order valence-corrected chi connectivity index (χ1v) is 8.98. The van der Waals surface area contributed by atoms with Crippen LogP contribution in [0.2, 0.25) is 0 Å². The monoisotopic (exact) mass is 334 g/mol. The summed E-state index contributed by atoms with van der Waals surface area (Å²) in [5.74, 6) is 0.0473. The summed E-state index contributed by atoms with van der Waals surface area (Å²) in [7, 11) is 1.62. The summed E-state index contributed by atoms with van der Waals surface area (Å²) in [5.41, 5.74) is 2.40. The molecule has 1 heterocycles. The number of nitrogens with one attached hydrogen (secondary N) is 1. The van der Waals surface area contributed by atoms with Crippen molar-refractivity contribution in [1.29, 1.82) is 0 Å². The van der Waals surface area contributed by atoms with Gasteiger partial charge in [0.2, 0.25) is 5.91 Å². The number of aryl methyl sites for hydroxylation is 1. The molecular formula is C19H27FN2O2. The minimum Gasteiger partial charge on any atom is -0.384 e. The number of piperidine rings is 1. The summed E-state index contributed by atoms with van der Waals surface area (Å²) >= 11 is 0. The number of likely N-dealkylation sites (tertiary alicyclic amines) is 1. The van der Waals surface area contributed by atoms with Crippen LogP contribution >= 0.6 is 0 Å². The van der Waals surface area contributed by atoms with Gasteiger partial charge < -0.3 is 15.0 Å². The zero-order chi connectivity index (χ0) is 16.9. The normalized spacial score (nSPS) is 21.6. The highest BCUT2D eigenvalue weighted by Gasteiger charge is 2.27. The molecule has 24 heavy (non-hydrogen) atoms. The second kappa shape index (κ2) is 8.08. The van der Waals surface area contributed by atoms with Crippen LogP contribution in [0, 0.1) is 5.82 Å². The van der Waals surface area contributed by atoms with Crippen molar-refractivity contribution < 1.29 is 13.9 Å². The van der Waals surface area contributed by atoms with Crippen molar-refractivity contribution in [3.05, 3.63) is 35.1 Å². The number of amides is 1. The molecular weight excluding hydrogens is 307 g/mol. The second-order valence-electron chi connectivity index (χ2n) is 6.85. The molecule has 1 aromatic carbocycles. The number of benzene rings is 1. The highest BCUT2D eigenvalue weighted by molar-refractivity contribution is 5.76. The molecule has 2 aliphatic rings. The van der Waals surface area contributed by atoms with E-state index in [4.69, 9.17) is 4.74 Å². The van der Waals surface area contributed by atoms with Crippen molar-refractivity contribution in [3.63, 3.8) is 0 Å². The van der Waals surface area contributed by atoms with E-state index in [0.29, 0.717) is 25.1 Å². The van der Waals surface area contributed by atoms with Gasteiger partial charge in [0.1, 0.15) is 5.82 Å². The number of carbonyl (C=O) groups excluding carboxylic acids is 1. The zero-order valence-electron chi connectivity index (χ0n) is 14.4. The Morgan fingerprint density at radius 2 is 2.12 bits per heavy atom. The summed E-state index contributed by atoms with van der Waals surface area (Å²) in [6.07, 6.45) is 5.60. The number of fused-ring (bicyclic) bond motifs is 1. The van der Waals surface area contributed by atoms with Crippen LogP contribution in [-0.2, 0) is 16.0 Å². The van der Waals surface area contributed by atoms with Gasteiger partial charge >= 0.3 is 0 Å². The van der Waals surface area contributed by atoms with E-state index in [2.05, 4.69) is 5.32 Å². The van der Waals surface area contributed by atoms with Gasteiger partial charge in [-0.05, 0) is 55.4 Å². The van der Waals surface area contributed by atoms with Gasteiger partial charge in [0.05, 0.1) is 13.0 Å². The van der Waals surface area contributed by atoms with Crippen molar-refractivity contribution in [2.24, 2.45) is 0 Å². The minimum absolute atomic E-state index is 0.141. The molecule has 5 heteroatoms. The highest BCUT2D eigenvalue weighted by Crippen LogP contribution is 2.31. The molecule has 1 fully saturated rings. The predicted octanol–water partition coefficient (Wildman–Crippen LogP) is 2.82. The third-order valence-electron chi connectivity index (χ3n) is 5.22. The molecule has 1 amide bonds. The summed E-state index contributed by atoms with van der Waals surface area (Å²) < 4.78 is 18.4. The van der Waals surface area contributed by atoms with Gasteiger partial charge in [-0.2, -0.15) is 0 Å². The summed E-state index contributed by atoms with van der Waals surface area (Å²) in [6.45, 7) is 2.11. The third kappa shape index (κ3) is 4.14. The van der Waals surface area contributed by atoms with Crippen LogP contribution in [0.1, 0.15) is 49.3 Å². The average Bonchev–Trinajstić information content (AvgIpc) is 2.60. The van der Waals surface area contributed by atoms with Crippen molar-refractivity contribution in [1.82, 2.24) is 10.2 Å². The van der Waals surface area contributed by atoms with E-state index >= 15 is 0 Å². The lowest BCUT2D eigenvalue weighted by molar-refractivity contribution is -0.133. The number of halogens is 1. The smallest absolute Gasteiger partial charge is 0.224 e. The molecule has 0 unspecified atom stereocenters. The zero-order valence-corrected chi connectivity index (χ0v) is 14.4. The highest BCUT2D eigenvalue weighted by atomic mass is 19.1.